The highest BCUT2D eigenvalue weighted by atomic mass is 35.5. The molecule has 0 aliphatic carbocycles. The number of piperazine rings is 1. The lowest BCUT2D eigenvalue weighted by molar-refractivity contribution is 0.0922. The number of hydrogen-bond donors (Lipinski definition) is 0. The molecule has 0 bridgehead atoms. The van der Waals surface area contributed by atoms with Crippen LogP contribution in [0.15, 0.2) is 54.6 Å². The topological polar surface area (TPSA) is 23.6 Å². The average molecular weight is 399 g/mol. The fourth-order valence-corrected chi connectivity index (χ4v) is 3.08. The van der Waals surface area contributed by atoms with Crippen LogP contribution in [0.3, 0.4) is 0 Å². The number of benzene rings is 2. The quantitative estimate of drug-likeness (QED) is 0.685. The first-order valence-corrected chi connectivity index (χ1v) is 8.48. The minimum absolute atomic E-state index is 0. The fourth-order valence-electron chi connectivity index (χ4n) is 3.08. The number of Topliss-reactive ketones (excluding diaryl/α,β-unsaturated/α-hetero) is 1. The van der Waals surface area contributed by atoms with Crippen molar-refractivity contribution in [3.8, 4) is 0 Å². The lowest BCUT2D eigenvalue weighted by atomic mass is 10.1. The molecule has 0 spiro atoms. The average Bonchev–Trinajstić information content (AvgIpc) is 2.62. The number of carbonyl (C=O) groups is 1. The summed E-state index contributed by atoms with van der Waals surface area (Å²) < 4.78 is 13.2. The lowest BCUT2D eigenvalue weighted by Crippen LogP contribution is -2.46. The molecule has 2 aromatic rings. The van der Waals surface area contributed by atoms with Crippen LogP contribution in [0.1, 0.15) is 22.3 Å². The molecule has 0 radical (unpaired) electrons. The molecule has 142 valence electrons. The molecule has 0 atom stereocenters. The summed E-state index contributed by atoms with van der Waals surface area (Å²) in [5.41, 5.74) is 1.81. The van der Waals surface area contributed by atoms with Crippen LogP contribution < -0.4 is 0 Å². The summed E-state index contributed by atoms with van der Waals surface area (Å²) >= 11 is 0. The van der Waals surface area contributed by atoms with Gasteiger partial charge in [-0.1, -0.05) is 42.5 Å². The van der Waals surface area contributed by atoms with Crippen molar-refractivity contribution in [2.24, 2.45) is 0 Å². The highest BCUT2D eigenvalue weighted by Crippen LogP contribution is 2.11. The van der Waals surface area contributed by atoms with E-state index in [2.05, 4.69) is 34.1 Å². The third kappa shape index (κ3) is 6.69. The predicted molar refractivity (Wildman–Crippen MR) is 108 cm³/mol. The van der Waals surface area contributed by atoms with E-state index in [0.717, 1.165) is 39.3 Å². The normalized spacial score (nSPS) is 15.0. The first-order valence-electron chi connectivity index (χ1n) is 8.48. The predicted octanol–water partition coefficient (Wildman–Crippen LogP) is 4.06. The zero-order chi connectivity index (χ0) is 16.8. The Labute approximate surface area is 167 Å². The van der Waals surface area contributed by atoms with Crippen molar-refractivity contribution in [1.29, 1.82) is 0 Å². The third-order valence-electron chi connectivity index (χ3n) is 4.52. The second kappa shape index (κ2) is 11.3. The van der Waals surface area contributed by atoms with Gasteiger partial charge in [0.2, 0.25) is 0 Å². The smallest absolute Gasteiger partial charge is 0.164 e. The summed E-state index contributed by atoms with van der Waals surface area (Å²) in [7, 11) is 0. The monoisotopic (exact) mass is 398 g/mol. The molecule has 1 aliphatic rings. The molecule has 0 saturated carbocycles. The molecule has 2 aromatic carbocycles. The largest absolute Gasteiger partial charge is 0.300 e. The van der Waals surface area contributed by atoms with Crippen molar-refractivity contribution in [2.45, 2.75) is 13.0 Å². The molecule has 1 fully saturated rings. The number of halogens is 3. The fraction of sp³-hybridized carbons (Fsp3) is 0.350. The molecule has 0 unspecified atom stereocenters. The number of ketones is 1. The van der Waals surface area contributed by atoms with Gasteiger partial charge in [-0.05, 0) is 17.7 Å². The van der Waals surface area contributed by atoms with Crippen molar-refractivity contribution in [1.82, 2.24) is 9.80 Å². The van der Waals surface area contributed by atoms with Gasteiger partial charge in [-0.25, -0.2) is 4.39 Å². The number of hydrogen-bond acceptors (Lipinski definition) is 3. The molecule has 1 heterocycles. The van der Waals surface area contributed by atoms with Crippen LogP contribution in [0.5, 0.6) is 0 Å². The van der Waals surface area contributed by atoms with Crippen LogP contribution in [-0.4, -0.2) is 48.3 Å². The highest BCUT2D eigenvalue weighted by molar-refractivity contribution is 5.96. The van der Waals surface area contributed by atoms with Crippen molar-refractivity contribution >= 4 is 30.6 Å². The van der Waals surface area contributed by atoms with E-state index >= 15 is 0 Å². The number of rotatable bonds is 6. The molecule has 1 saturated heterocycles. The van der Waals surface area contributed by atoms with Crippen LogP contribution in [0.4, 0.5) is 4.39 Å². The zero-order valence-corrected chi connectivity index (χ0v) is 16.3. The highest BCUT2D eigenvalue weighted by Gasteiger charge is 2.18. The van der Waals surface area contributed by atoms with Gasteiger partial charge in [-0.2, -0.15) is 0 Å². The minimum atomic E-state index is -0.352. The van der Waals surface area contributed by atoms with E-state index in [-0.39, 0.29) is 36.4 Å². The zero-order valence-electron chi connectivity index (χ0n) is 14.6. The van der Waals surface area contributed by atoms with Crippen LogP contribution in [-0.2, 0) is 6.54 Å². The van der Waals surface area contributed by atoms with Gasteiger partial charge in [-0.15, -0.1) is 24.8 Å². The second-order valence-corrected chi connectivity index (χ2v) is 6.29. The maximum Gasteiger partial charge on any atom is 0.164 e. The lowest BCUT2D eigenvalue weighted by Gasteiger charge is -2.34. The van der Waals surface area contributed by atoms with E-state index < -0.39 is 0 Å². The van der Waals surface area contributed by atoms with E-state index in [1.54, 1.807) is 12.1 Å². The Hall–Kier alpha value is -1.46. The SMILES string of the molecule is Cl.Cl.O=C(CCN1CCN(Cc2ccccc2)CC1)c1cccc(F)c1. The van der Waals surface area contributed by atoms with E-state index in [9.17, 15) is 9.18 Å². The molecular formula is C20H25Cl2FN2O. The standard InChI is InChI=1S/C20H23FN2O.2ClH/c21-19-8-4-7-18(15-19)20(24)9-10-22-11-13-23(14-12-22)16-17-5-2-1-3-6-17;;/h1-8,15H,9-14,16H2;2*1H. The molecular weight excluding hydrogens is 374 g/mol. The van der Waals surface area contributed by atoms with Crippen LogP contribution in [0.2, 0.25) is 0 Å². The Bertz CT molecular complexity index is 677. The molecule has 3 rings (SSSR count). The summed E-state index contributed by atoms with van der Waals surface area (Å²) in [6, 6.07) is 16.5. The van der Waals surface area contributed by atoms with E-state index in [4.69, 9.17) is 0 Å². The van der Waals surface area contributed by atoms with Gasteiger partial charge in [0.1, 0.15) is 5.82 Å². The molecule has 6 heteroatoms. The van der Waals surface area contributed by atoms with E-state index in [0.29, 0.717) is 12.0 Å². The van der Waals surface area contributed by atoms with Crippen molar-refractivity contribution < 1.29 is 9.18 Å². The molecule has 26 heavy (non-hydrogen) atoms. The molecule has 0 N–H and O–H groups in total. The third-order valence-corrected chi connectivity index (χ3v) is 4.52. The number of carbonyl (C=O) groups excluding carboxylic acids is 1. The second-order valence-electron chi connectivity index (χ2n) is 6.29. The summed E-state index contributed by atoms with van der Waals surface area (Å²) in [6.45, 7) is 5.71. The Morgan fingerprint density at radius 1 is 0.885 bits per heavy atom. The Balaban J connectivity index is 0.00000169. The Morgan fingerprint density at radius 3 is 2.19 bits per heavy atom. The van der Waals surface area contributed by atoms with Gasteiger partial charge in [0, 0.05) is 51.3 Å². The molecule has 0 amide bonds. The first kappa shape index (κ1) is 22.6. The molecule has 3 nitrogen and oxygen atoms in total. The van der Waals surface area contributed by atoms with Gasteiger partial charge in [0.15, 0.2) is 5.78 Å². The van der Waals surface area contributed by atoms with Crippen molar-refractivity contribution in [3.63, 3.8) is 0 Å². The van der Waals surface area contributed by atoms with Crippen LogP contribution >= 0.6 is 24.8 Å². The summed E-state index contributed by atoms with van der Waals surface area (Å²) in [5, 5.41) is 0. The number of nitrogens with zero attached hydrogens (tertiary/aromatic N) is 2. The van der Waals surface area contributed by atoms with Gasteiger partial charge >= 0.3 is 0 Å². The molecule has 0 aromatic heterocycles. The van der Waals surface area contributed by atoms with Gasteiger partial charge in [0.05, 0.1) is 0 Å². The summed E-state index contributed by atoms with van der Waals surface area (Å²) in [4.78, 5) is 16.9. The van der Waals surface area contributed by atoms with Crippen molar-refractivity contribution in [3.05, 3.63) is 71.5 Å². The van der Waals surface area contributed by atoms with Crippen molar-refractivity contribution in [2.75, 3.05) is 32.7 Å². The van der Waals surface area contributed by atoms with Gasteiger partial charge in [0.25, 0.3) is 0 Å². The minimum Gasteiger partial charge on any atom is -0.300 e. The van der Waals surface area contributed by atoms with E-state index in [1.165, 1.54) is 17.7 Å². The molecule has 1 aliphatic heterocycles. The maximum atomic E-state index is 13.2. The van der Waals surface area contributed by atoms with Gasteiger partial charge < -0.3 is 4.90 Å². The first-order chi connectivity index (χ1) is 11.7. The van der Waals surface area contributed by atoms with Crippen LogP contribution in [0.25, 0.3) is 0 Å². The Kier molecular flexibility index (Phi) is 9.81. The maximum absolute atomic E-state index is 13.2. The summed E-state index contributed by atoms with van der Waals surface area (Å²) in [6.07, 6.45) is 0.447. The van der Waals surface area contributed by atoms with Crippen LogP contribution in [0, 0.1) is 5.82 Å². The summed E-state index contributed by atoms with van der Waals surface area (Å²) in [5.74, 6) is -0.336. The van der Waals surface area contributed by atoms with Gasteiger partial charge in [-0.3, -0.25) is 9.69 Å². The Morgan fingerprint density at radius 2 is 1.54 bits per heavy atom. The van der Waals surface area contributed by atoms with E-state index in [1.807, 2.05) is 6.07 Å².